The number of rotatable bonds is 8. The van der Waals surface area contributed by atoms with E-state index in [4.69, 9.17) is 0 Å². The summed E-state index contributed by atoms with van der Waals surface area (Å²) in [6.07, 6.45) is 0. The van der Waals surface area contributed by atoms with Crippen molar-refractivity contribution in [1.29, 1.82) is 0 Å². The highest BCUT2D eigenvalue weighted by molar-refractivity contribution is 7.25. The molecule has 56 heavy (non-hydrogen) atoms. The second-order valence-electron chi connectivity index (χ2n) is 14.1. The van der Waals surface area contributed by atoms with Crippen molar-refractivity contribution in [3.05, 3.63) is 224 Å². The van der Waals surface area contributed by atoms with Gasteiger partial charge in [-0.25, -0.2) is 0 Å². The van der Waals surface area contributed by atoms with Gasteiger partial charge in [0.15, 0.2) is 0 Å². The molecule has 0 aliphatic heterocycles. The Morgan fingerprint density at radius 3 is 1.48 bits per heavy atom. The molecule has 1 nitrogen and oxygen atoms in total. The van der Waals surface area contributed by atoms with Gasteiger partial charge in [0, 0.05) is 37.1 Å². The maximum atomic E-state index is 2.45. The Morgan fingerprint density at radius 1 is 0.286 bits per heavy atom. The molecule has 0 fully saturated rings. The topological polar surface area (TPSA) is 3.24 Å². The summed E-state index contributed by atoms with van der Waals surface area (Å²) in [4.78, 5) is 2.45. The van der Waals surface area contributed by atoms with Crippen molar-refractivity contribution < 1.29 is 0 Å². The van der Waals surface area contributed by atoms with Crippen molar-refractivity contribution in [2.45, 2.75) is 0 Å². The summed E-state index contributed by atoms with van der Waals surface area (Å²) >= 11 is 1.86. The SMILES string of the molecule is c1ccc(-c2ccc(N(c3ccc(-c4ccccc4)c(-c4ccccc4)c3)c3cccc(-c4ccccc4)c3-c3ccc4sc5ccccc5c4c3)cc2)cc1. The van der Waals surface area contributed by atoms with E-state index in [-0.39, 0.29) is 0 Å². The lowest BCUT2D eigenvalue weighted by Gasteiger charge is -2.30. The third kappa shape index (κ3) is 6.26. The van der Waals surface area contributed by atoms with Gasteiger partial charge >= 0.3 is 0 Å². The van der Waals surface area contributed by atoms with E-state index in [1.165, 1.54) is 75.8 Å². The molecule has 0 saturated carbocycles. The summed E-state index contributed by atoms with van der Waals surface area (Å²) in [5.41, 5.74) is 15.2. The molecule has 0 aliphatic carbocycles. The van der Waals surface area contributed by atoms with Gasteiger partial charge in [-0.1, -0.05) is 176 Å². The molecule has 0 saturated heterocycles. The van der Waals surface area contributed by atoms with Gasteiger partial charge in [-0.3, -0.25) is 0 Å². The molecule has 1 aromatic heterocycles. The van der Waals surface area contributed by atoms with E-state index in [0.29, 0.717) is 0 Å². The maximum Gasteiger partial charge on any atom is 0.0546 e. The van der Waals surface area contributed by atoms with Crippen LogP contribution in [0.2, 0.25) is 0 Å². The van der Waals surface area contributed by atoms with Crippen LogP contribution in [0.25, 0.3) is 75.8 Å². The van der Waals surface area contributed by atoms with Crippen LogP contribution < -0.4 is 4.90 Å². The van der Waals surface area contributed by atoms with Crippen LogP contribution in [0.3, 0.4) is 0 Å². The second-order valence-corrected chi connectivity index (χ2v) is 15.2. The van der Waals surface area contributed by atoms with Gasteiger partial charge in [-0.2, -0.15) is 0 Å². The Hall–Kier alpha value is -7.00. The van der Waals surface area contributed by atoms with Crippen LogP contribution in [0.5, 0.6) is 0 Å². The van der Waals surface area contributed by atoms with Gasteiger partial charge in [0.1, 0.15) is 0 Å². The highest BCUT2D eigenvalue weighted by Crippen LogP contribution is 2.48. The summed E-state index contributed by atoms with van der Waals surface area (Å²) in [5.74, 6) is 0. The zero-order chi connectivity index (χ0) is 37.3. The van der Waals surface area contributed by atoms with Crippen molar-refractivity contribution in [3.8, 4) is 55.6 Å². The van der Waals surface area contributed by atoms with Crippen molar-refractivity contribution in [1.82, 2.24) is 0 Å². The Labute approximate surface area is 332 Å². The molecule has 2 heteroatoms. The molecule has 0 N–H and O–H groups in total. The molecule has 0 amide bonds. The number of thiophene rings is 1. The fourth-order valence-electron chi connectivity index (χ4n) is 8.03. The summed E-state index contributed by atoms with van der Waals surface area (Å²) in [5, 5.41) is 2.58. The van der Waals surface area contributed by atoms with Gasteiger partial charge < -0.3 is 4.90 Å². The third-order valence-corrected chi connectivity index (χ3v) is 11.8. The average Bonchev–Trinajstić information content (AvgIpc) is 3.66. The molecule has 0 spiro atoms. The highest BCUT2D eigenvalue weighted by Gasteiger charge is 2.23. The van der Waals surface area contributed by atoms with E-state index in [1.54, 1.807) is 0 Å². The first-order chi connectivity index (χ1) is 27.8. The molecule has 0 bridgehead atoms. The number of benzene rings is 9. The molecule has 0 aliphatic rings. The number of fused-ring (bicyclic) bond motifs is 3. The minimum atomic E-state index is 1.09. The van der Waals surface area contributed by atoms with E-state index < -0.39 is 0 Å². The molecule has 9 aromatic carbocycles. The van der Waals surface area contributed by atoms with E-state index in [2.05, 4.69) is 229 Å². The second kappa shape index (κ2) is 14.7. The largest absolute Gasteiger partial charge is 0.310 e. The van der Waals surface area contributed by atoms with Gasteiger partial charge in [0.2, 0.25) is 0 Å². The quantitative estimate of drug-likeness (QED) is 0.150. The van der Waals surface area contributed by atoms with E-state index in [1.807, 2.05) is 11.3 Å². The maximum absolute atomic E-state index is 2.45. The molecular formula is C54H37NS. The average molecular weight is 732 g/mol. The van der Waals surface area contributed by atoms with Crippen LogP contribution in [0.15, 0.2) is 224 Å². The summed E-state index contributed by atoms with van der Waals surface area (Å²) < 4.78 is 2.61. The molecule has 0 unspecified atom stereocenters. The smallest absolute Gasteiger partial charge is 0.0546 e. The van der Waals surface area contributed by atoms with Crippen LogP contribution in [0.1, 0.15) is 0 Å². The fourth-order valence-corrected chi connectivity index (χ4v) is 9.11. The summed E-state index contributed by atoms with van der Waals surface area (Å²) in [7, 11) is 0. The van der Waals surface area contributed by atoms with Crippen LogP contribution in [-0.2, 0) is 0 Å². The predicted octanol–water partition coefficient (Wildman–Crippen LogP) is 15.9. The van der Waals surface area contributed by atoms with Crippen LogP contribution in [-0.4, -0.2) is 0 Å². The lowest BCUT2D eigenvalue weighted by atomic mass is 9.90. The first kappa shape index (κ1) is 33.6. The Kier molecular flexibility index (Phi) is 8.79. The molecule has 10 aromatic rings. The Morgan fingerprint density at radius 2 is 0.804 bits per heavy atom. The Bertz CT molecular complexity index is 2930. The molecule has 0 atom stereocenters. The molecule has 0 radical (unpaired) electrons. The normalized spacial score (nSPS) is 11.2. The van der Waals surface area contributed by atoms with E-state index >= 15 is 0 Å². The first-order valence-corrected chi connectivity index (χ1v) is 19.9. The van der Waals surface area contributed by atoms with Crippen molar-refractivity contribution in [2.75, 3.05) is 4.90 Å². The molecule has 264 valence electrons. The number of nitrogens with zero attached hydrogens (tertiary/aromatic N) is 1. The Balaban J connectivity index is 1.25. The fraction of sp³-hybridized carbons (Fsp3) is 0. The zero-order valence-electron chi connectivity index (χ0n) is 30.7. The van der Waals surface area contributed by atoms with Gasteiger partial charge in [0.05, 0.1) is 5.69 Å². The van der Waals surface area contributed by atoms with Gasteiger partial charge in [-0.15, -0.1) is 11.3 Å². The summed E-state index contributed by atoms with van der Waals surface area (Å²) in [6, 6.07) is 81.5. The predicted molar refractivity (Wildman–Crippen MR) is 241 cm³/mol. The molecule has 10 rings (SSSR count). The van der Waals surface area contributed by atoms with Crippen molar-refractivity contribution in [2.24, 2.45) is 0 Å². The number of hydrogen-bond acceptors (Lipinski definition) is 2. The van der Waals surface area contributed by atoms with Gasteiger partial charge in [0.25, 0.3) is 0 Å². The summed E-state index contributed by atoms with van der Waals surface area (Å²) in [6.45, 7) is 0. The van der Waals surface area contributed by atoms with Crippen LogP contribution >= 0.6 is 11.3 Å². The zero-order valence-corrected chi connectivity index (χ0v) is 31.5. The highest BCUT2D eigenvalue weighted by atomic mass is 32.1. The number of hydrogen-bond donors (Lipinski definition) is 0. The minimum Gasteiger partial charge on any atom is -0.310 e. The third-order valence-electron chi connectivity index (χ3n) is 10.7. The van der Waals surface area contributed by atoms with Gasteiger partial charge in [-0.05, 0) is 98.6 Å². The standard InChI is InChI=1S/C54H37NS/c1-5-16-38(17-6-1)39-28-31-44(32-29-39)55(45-33-34-46(40-18-7-2-8-19-40)49(37-45)42-22-11-4-12-23-42)51-26-15-25-47(41-20-9-3-10-21-41)54(51)43-30-35-53-50(36-43)48-24-13-14-27-52(48)56-53/h1-37H. The van der Waals surface area contributed by atoms with Crippen LogP contribution in [0.4, 0.5) is 17.1 Å². The molecule has 1 heterocycles. The van der Waals surface area contributed by atoms with Crippen LogP contribution in [0, 0.1) is 0 Å². The van der Waals surface area contributed by atoms with E-state index in [9.17, 15) is 0 Å². The first-order valence-electron chi connectivity index (χ1n) is 19.1. The minimum absolute atomic E-state index is 1.09. The van der Waals surface area contributed by atoms with Crippen molar-refractivity contribution >= 4 is 48.6 Å². The van der Waals surface area contributed by atoms with Crippen molar-refractivity contribution in [3.63, 3.8) is 0 Å². The lowest BCUT2D eigenvalue weighted by molar-refractivity contribution is 1.28. The molecular weight excluding hydrogens is 695 g/mol. The monoisotopic (exact) mass is 731 g/mol. The lowest BCUT2D eigenvalue weighted by Crippen LogP contribution is -2.12. The number of anilines is 3. The van der Waals surface area contributed by atoms with E-state index in [0.717, 1.165) is 17.1 Å².